The van der Waals surface area contributed by atoms with Crippen molar-refractivity contribution in [1.82, 2.24) is 0 Å². The Hall–Kier alpha value is -2.49. The van der Waals surface area contributed by atoms with Crippen LogP contribution < -0.4 is 9.64 Å². The van der Waals surface area contributed by atoms with E-state index in [0.717, 1.165) is 18.7 Å². The third-order valence-electron chi connectivity index (χ3n) is 3.62. The topological polar surface area (TPSA) is 38.8 Å². The van der Waals surface area contributed by atoms with Gasteiger partial charge in [-0.25, -0.2) is 4.79 Å². The van der Waals surface area contributed by atoms with Gasteiger partial charge >= 0.3 is 6.16 Å². The molecule has 0 aliphatic carbocycles. The lowest BCUT2D eigenvalue weighted by molar-refractivity contribution is 0.101. The second kappa shape index (κ2) is 8.83. The standard InChI is InChI=1S/C19H23NO3/c1-3-16-10-12-18(13-11-16)23-19(21)22-15-14-20(4-2)17-8-6-5-7-9-17/h5-13H,3-4,14-15H2,1-2H3. The number of nitrogens with zero attached hydrogens (tertiary/aromatic N) is 1. The fourth-order valence-electron chi connectivity index (χ4n) is 2.27. The van der Waals surface area contributed by atoms with E-state index in [1.54, 1.807) is 12.1 Å². The van der Waals surface area contributed by atoms with Crippen molar-refractivity contribution in [3.8, 4) is 5.75 Å². The van der Waals surface area contributed by atoms with E-state index in [1.165, 1.54) is 5.56 Å². The van der Waals surface area contributed by atoms with Gasteiger partial charge in [-0.05, 0) is 43.2 Å². The SMILES string of the molecule is CCc1ccc(OC(=O)OCCN(CC)c2ccccc2)cc1. The van der Waals surface area contributed by atoms with Crippen molar-refractivity contribution in [3.63, 3.8) is 0 Å². The molecule has 4 heteroatoms. The molecule has 0 amide bonds. The third kappa shape index (κ3) is 5.33. The van der Waals surface area contributed by atoms with Gasteiger partial charge in [0, 0.05) is 12.2 Å². The van der Waals surface area contributed by atoms with Gasteiger partial charge in [-0.1, -0.05) is 37.3 Å². The number of anilines is 1. The van der Waals surface area contributed by atoms with E-state index < -0.39 is 6.16 Å². The molecular formula is C19H23NO3. The Labute approximate surface area is 137 Å². The number of para-hydroxylation sites is 1. The highest BCUT2D eigenvalue weighted by Gasteiger charge is 2.08. The first-order valence-electron chi connectivity index (χ1n) is 7.96. The first-order valence-corrected chi connectivity index (χ1v) is 7.96. The van der Waals surface area contributed by atoms with E-state index in [4.69, 9.17) is 9.47 Å². The van der Waals surface area contributed by atoms with Crippen LogP contribution in [-0.2, 0) is 11.2 Å². The van der Waals surface area contributed by atoms with Gasteiger partial charge in [0.05, 0.1) is 6.54 Å². The van der Waals surface area contributed by atoms with Crippen LogP contribution in [0.25, 0.3) is 0 Å². The van der Waals surface area contributed by atoms with Crippen molar-refractivity contribution in [2.75, 3.05) is 24.6 Å². The summed E-state index contributed by atoms with van der Waals surface area (Å²) in [7, 11) is 0. The molecule has 0 aromatic heterocycles. The maximum absolute atomic E-state index is 11.7. The molecule has 2 aromatic carbocycles. The van der Waals surface area contributed by atoms with Crippen LogP contribution in [0.1, 0.15) is 19.4 Å². The molecular weight excluding hydrogens is 290 g/mol. The quantitative estimate of drug-likeness (QED) is 0.564. The van der Waals surface area contributed by atoms with Gasteiger partial charge in [0.1, 0.15) is 12.4 Å². The van der Waals surface area contributed by atoms with Crippen molar-refractivity contribution in [2.45, 2.75) is 20.3 Å². The summed E-state index contributed by atoms with van der Waals surface area (Å²) in [5.74, 6) is 0.502. The molecule has 23 heavy (non-hydrogen) atoms. The first-order chi connectivity index (χ1) is 11.2. The van der Waals surface area contributed by atoms with Crippen molar-refractivity contribution < 1.29 is 14.3 Å². The molecule has 0 spiro atoms. The van der Waals surface area contributed by atoms with Gasteiger partial charge in [-0.15, -0.1) is 0 Å². The first kappa shape index (κ1) is 16.9. The van der Waals surface area contributed by atoms with Crippen LogP contribution >= 0.6 is 0 Å². The lowest BCUT2D eigenvalue weighted by Crippen LogP contribution is -2.28. The molecule has 0 saturated heterocycles. The van der Waals surface area contributed by atoms with Crippen molar-refractivity contribution >= 4 is 11.8 Å². The minimum Gasteiger partial charge on any atom is -0.432 e. The summed E-state index contributed by atoms with van der Waals surface area (Å²) in [6.45, 7) is 5.91. The molecule has 0 unspecified atom stereocenters. The number of rotatable bonds is 7. The lowest BCUT2D eigenvalue weighted by atomic mass is 10.2. The third-order valence-corrected chi connectivity index (χ3v) is 3.62. The molecule has 0 heterocycles. The number of hydrogen-bond acceptors (Lipinski definition) is 4. The Bertz CT molecular complexity index is 596. The predicted octanol–water partition coefficient (Wildman–Crippen LogP) is 4.29. The summed E-state index contributed by atoms with van der Waals surface area (Å²) >= 11 is 0. The van der Waals surface area contributed by atoms with Gasteiger partial charge in [-0.2, -0.15) is 0 Å². The molecule has 0 N–H and O–H groups in total. The molecule has 4 nitrogen and oxygen atoms in total. The summed E-state index contributed by atoms with van der Waals surface area (Å²) in [6.07, 6.45) is 0.287. The van der Waals surface area contributed by atoms with Crippen molar-refractivity contribution in [3.05, 3.63) is 60.2 Å². The number of ether oxygens (including phenoxy) is 2. The monoisotopic (exact) mass is 313 g/mol. The molecule has 0 aliphatic heterocycles. The van der Waals surface area contributed by atoms with Crippen LogP contribution in [0, 0.1) is 0 Å². The number of aryl methyl sites for hydroxylation is 1. The minimum atomic E-state index is -0.668. The molecule has 0 radical (unpaired) electrons. The molecule has 0 fully saturated rings. The lowest BCUT2D eigenvalue weighted by Gasteiger charge is -2.22. The molecule has 2 aromatic rings. The number of carbonyl (C=O) groups excluding carboxylic acids is 1. The van der Waals surface area contributed by atoms with E-state index in [0.29, 0.717) is 12.3 Å². The average molecular weight is 313 g/mol. The average Bonchev–Trinajstić information content (AvgIpc) is 2.60. The van der Waals surface area contributed by atoms with Gasteiger partial charge < -0.3 is 14.4 Å². The van der Waals surface area contributed by atoms with E-state index in [2.05, 4.69) is 18.7 Å². The Morgan fingerprint density at radius 1 is 1.00 bits per heavy atom. The Kier molecular flexibility index (Phi) is 6.48. The smallest absolute Gasteiger partial charge is 0.432 e. The highest BCUT2D eigenvalue weighted by Crippen LogP contribution is 2.14. The summed E-state index contributed by atoms with van der Waals surface area (Å²) in [4.78, 5) is 13.9. The van der Waals surface area contributed by atoms with E-state index in [1.807, 2.05) is 42.5 Å². The maximum Gasteiger partial charge on any atom is 0.513 e. The predicted molar refractivity (Wildman–Crippen MR) is 92.1 cm³/mol. The van der Waals surface area contributed by atoms with Crippen molar-refractivity contribution in [1.29, 1.82) is 0 Å². The Morgan fingerprint density at radius 2 is 1.70 bits per heavy atom. The number of hydrogen-bond donors (Lipinski definition) is 0. The van der Waals surface area contributed by atoms with E-state index in [9.17, 15) is 4.79 Å². The number of benzene rings is 2. The second-order valence-corrected chi connectivity index (χ2v) is 5.11. The number of carbonyl (C=O) groups is 1. The molecule has 0 atom stereocenters. The van der Waals surface area contributed by atoms with Gasteiger partial charge in [0.25, 0.3) is 0 Å². The zero-order valence-electron chi connectivity index (χ0n) is 13.7. The highest BCUT2D eigenvalue weighted by atomic mass is 16.7. The molecule has 0 saturated carbocycles. The van der Waals surface area contributed by atoms with Gasteiger partial charge in [0.15, 0.2) is 0 Å². The molecule has 0 bridgehead atoms. The molecule has 122 valence electrons. The van der Waals surface area contributed by atoms with Crippen LogP contribution in [-0.4, -0.2) is 25.9 Å². The maximum atomic E-state index is 11.7. The van der Waals surface area contributed by atoms with Crippen molar-refractivity contribution in [2.24, 2.45) is 0 Å². The highest BCUT2D eigenvalue weighted by molar-refractivity contribution is 5.63. The summed E-state index contributed by atoms with van der Waals surface area (Å²) in [6, 6.07) is 17.5. The van der Waals surface area contributed by atoms with Crippen LogP contribution in [0.5, 0.6) is 5.75 Å². The Morgan fingerprint density at radius 3 is 2.30 bits per heavy atom. The van der Waals surface area contributed by atoms with E-state index >= 15 is 0 Å². The van der Waals surface area contributed by atoms with Crippen LogP contribution in [0.15, 0.2) is 54.6 Å². The zero-order valence-corrected chi connectivity index (χ0v) is 13.7. The minimum absolute atomic E-state index is 0.286. The summed E-state index contributed by atoms with van der Waals surface area (Å²) < 4.78 is 10.3. The molecule has 2 rings (SSSR count). The summed E-state index contributed by atoms with van der Waals surface area (Å²) in [5.41, 5.74) is 2.31. The molecule has 0 aliphatic rings. The number of likely N-dealkylation sites (N-methyl/N-ethyl adjacent to an activating group) is 1. The fourth-order valence-corrected chi connectivity index (χ4v) is 2.27. The second-order valence-electron chi connectivity index (χ2n) is 5.11. The van der Waals surface area contributed by atoms with E-state index in [-0.39, 0.29) is 6.61 Å². The zero-order chi connectivity index (χ0) is 16.5. The Balaban J connectivity index is 1.77. The normalized spacial score (nSPS) is 10.2. The van der Waals surface area contributed by atoms with Crippen LogP contribution in [0.2, 0.25) is 0 Å². The summed E-state index contributed by atoms with van der Waals surface area (Å²) in [5, 5.41) is 0. The van der Waals surface area contributed by atoms with Crippen LogP contribution in [0.3, 0.4) is 0 Å². The van der Waals surface area contributed by atoms with Gasteiger partial charge in [0.2, 0.25) is 0 Å². The largest absolute Gasteiger partial charge is 0.513 e. The fraction of sp³-hybridized carbons (Fsp3) is 0.316. The van der Waals surface area contributed by atoms with Gasteiger partial charge in [-0.3, -0.25) is 0 Å². The van der Waals surface area contributed by atoms with Crippen LogP contribution in [0.4, 0.5) is 10.5 Å².